The van der Waals surface area contributed by atoms with E-state index in [9.17, 15) is 22.8 Å². The van der Waals surface area contributed by atoms with Gasteiger partial charge in [0.25, 0.3) is 5.91 Å². The van der Waals surface area contributed by atoms with E-state index in [2.05, 4.69) is 21.2 Å². The highest BCUT2D eigenvalue weighted by Crippen LogP contribution is 2.33. The summed E-state index contributed by atoms with van der Waals surface area (Å²) >= 11 is 3.32. The molecule has 1 aliphatic heterocycles. The fourth-order valence-corrected chi connectivity index (χ4v) is 3.56. The van der Waals surface area contributed by atoms with Crippen molar-refractivity contribution < 1.29 is 27.5 Å². The summed E-state index contributed by atoms with van der Waals surface area (Å²) in [5.74, 6) is -0.601. The van der Waals surface area contributed by atoms with Gasteiger partial charge < -0.3 is 10.1 Å². The predicted octanol–water partition coefficient (Wildman–Crippen LogP) is 5.05. The standard InChI is InChI=1S/C22H20BrF3N2O3/c1-21(2,20(30)27-16-10-6-9-15(11-16)22(24,25)26)28-13-31-17(12-23)18(19(28)29)14-7-4-3-5-8-14/h3-11H,12-13H2,1-2H3,(H,27,30). The molecule has 0 aliphatic carbocycles. The van der Waals surface area contributed by atoms with E-state index >= 15 is 0 Å². The van der Waals surface area contributed by atoms with Gasteiger partial charge in [-0.3, -0.25) is 14.5 Å². The summed E-state index contributed by atoms with van der Waals surface area (Å²) < 4.78 is 44.6. The number of nitrogens with zero attached hydrogens (tertiary/aromatic N) is 1. The molecule has 5 nitrogen and oxygen atoms in total. The van der Waals surface area contributed by atoms with Crippen LogP contribution in [0.5, 0.6) is 0 Å². The van der Waals surface area contributed by atoms with Crippen molar-refractivity contribution in [1.29, 1.82) is 0 Å². The van der Waals surface area contributed by atoms with Crippen LogP contribution >= 0.6 is 15.9 Å². The molecule has 31 heavy (non-hydrogen) atoms. The summed E-state index contributed by atoms with van der Waals surface area (Å²) in [6, 6.07) is 13.2. The van der Waals surface area contributed by atoms with Crippen LogP contribution in [0.2, 0.25) is 0 Å². The third-order valence-corrected chi connectivity index (χ3v) is 5.48. The first kappa shape index (κ1) is 22.9. The molecule has 0 saturated heterocycles. The Morgan fingerprint density at radius 2 is 1.81 bits per heavy atom. The SMILES string of the molecule is CC(C)(C(=O)Nc1cccc(C(F)(F)F)c1)N1COC(CBr)=C(c2ccccc2)C1=O. The smallest absolute Gasteiger partial charge is 0.416 e. The van der Waals surface area contributed by atoms with Crippen molar-refractivity contribution in [3.63, 3.8) is 0 Å². The van der Waals surface area contributed by atoms with Crippen molar-refractivity contribution in [1.82, 2.24) is 4.90 Å². The lowest BCUT2D eigenvalue weighted by atomic mass is 9.96. The molecule has 1 aliphatic rings. The first-order chi connectivity index (χ1) is 14.6. The molecule has 0 unspecified atom stereocenters. The molecule has 1 heterocycles. The molecule has 0 atom stereocenters. The Morgan fingerprint density at radius 1 is 1.13 bits per heavy atom. The van der Waals surface area contributed by atoms with Gasteiger partial charge in [-0.15, -0.1) is 0 Å². The lowest BCUT2D eigenvalue weighted by Crippen LogP contribution is -2.57. The molecule has 2 aromatic rings. The lowest BCUT2D eigenvalue weighted by molar-refractivity contribution is -0.147. The van der Waals surface area contributed by atoms with Crippen molar-refractivity contribution >= 4 is 39.0 Å². The van der Waals surface area contributed by atoms with E-state index in [0.717, 1.165) is 12.1 Å². The zero-order chi connectivity index (χ0) is 22.8. The predicted molar refractivity (Wildman–Crippen MR) is 114 cm³/mol. The minimum atomic E-state index is -4.53. The number of benzene rings is 2. The molecule has 1 N–H and O–H groups in total. The monoisotopic (exact) mass is 496 g/mol. The van der Waals surface area contributed by atoms with Gasteiger partial charge >= 0.3 is 6.18 Å². The van der Waals surface area contributed by atoms with Crippen LogP contribution in [0.25, 0.3) is 5.57 Å². The number of nitrogens with one attached hydrogen (secondary N) is 1. The quantitative estimate of drug-likeness (QED) is 0.589. The molecule has 0 radical (unpaired) electrons. The van der Waals surface area contributed by atoms with Crippen LogP contribution in [0.4, 0.5) is 18.9 Å². The van der Waals surface area contributed by atoms with Crippen molar-refractivity contribution in [3.8, 4) is 0 Å². The largest absolute Gasteiger partial charge is 0.476 e. The lowest BCUT2D eigenvalue weighted by Gasteiger charge is -2.40. The molecule has 0 saturated carbocycles. The maximum Gasteiger partial charge on any atom is 0.416 e. The highest BCUT2D eigenvalue weighted by Gasteiger charge is 2.43. The van der Waals surface area contributed by atoms with Crippen LogP contribution in [0.3, 0.4) is 0 Å². The topological polar surface area (TPSA) is 58.6 Å². The Labute approximate surface area is 186 Å². The number of carbonyl (C=O) groups excluding carboxylic acids is 2. The van der Waals surface area contributed by atoms with Crippen LogP contribution in [-0.2, 0) is 20.5 Å². The van der Waals surface area contributed by atoms with Gasteiger partial charge in [-0.05, 0) is 37.6 Å². The first-order valence-electron chi connectivity index (χ1n) is 9.33. The number of amides is 2. The summed E-state index contributed by atoms with van der Waals surface area (Å²) in [7, 11) is 0. The molecule has 2 amide bonds. The van der Waals surface area contributed by atoms with E-state index in [-0.39, 0.29) is 12.4 Å². The van der Waals surface area contributed by atoms with Crippen molar-refractivity contribution in [2.24, 2.45) is 0 Å². The number of allylic oxidation sites excluding steroid dienone is 1. The van der Waals surface area contributed by atoms with E-state index in [1.807, 2.05) is 6.07 Å². The summed E-state index contributed by atoms with van der Waals surface area (Å²) in [5.41, 5.74) is -1.33. The molecule has 3 rings (SSSR count). The van der Waals surface area contributed by atoms with Crippen LogP contribution in [0.1, 0.15) is 25.0 Å². The number of hydrogen-bond acceptors (Lipinski definition) is 3. The number of hydrogen-bond donors (Lipinski definition) is 1. The molecule has 0 fully saturated rings. The Kier molecular flexibility index (Phi) is 6.45. The van der Waals surface area contributed by atoms with Gasteiger partial charge in [0.1, 0.15) is 11.3 Å². The average molecular weight is 497 g/mol. The zero-order valence-corrected chi connectivity index (χ0v) is 18.4. The highest BCUT2D eigenvalue weighted by atomic mass is 79.9. The third-order valence-electron chi connectivity index (χ3n) is 4.97. The molecular weight excluding hydrogens is 477 g/mol. The molecular formula is C22H20BrF3N2O3. The van der Waals surface area contributed by atoms with E-state index in [1.165, 1.54) is 30.9 Å². The zero-order valence-electron chi connectivity index (χ0n) is 16.8. The molecule has 164 valence electrons. The fourth-order valence-electron chi connectivity index (χ4n) is 3.12. The number of carbonyl (C=O) groups is 2. The maximum absolute atomic E-state index is 13.3. The van der Waals surface area contributed by atoms with Gasteiger partial charge in [0.2, 0.25) is 5.91 Å². The molecule has 0 aromatic heterocycles. The van der Waals surface area contributed by atoms with E-state index in [4.69, 9.17) is 4.74 Å². The van der Waals surface area contributed by atoms with Crippen LogP contribution in [-0.4, -0.2) is 34.3 Å². The Hall–Kier alpha value is -2.81. The Bertz CT molecular complexity index is 1020. The minimum absolute atomic E-state index is 0.0155. The van der Waals surface area contributed by atoms with E-state index in [1.54, 1.807) is 24.3 Å². The summed E-state index contributed by atoms with van der Waals surface area (Å²) in [6.07, 6.45) is -4.53. The van der Waals surface area contributed by atoms with Crippen molar-refractivity contribution in [2.45, 2.75) is 25.6 Å². The minimum Gasteiger partial charge on any atom is -0.476 e. The second-order valence-electron chi connectivity index (χ2n) is 7.40. The van der Waals surface area contributed by atoms with Crippen LogP contribution in [0.15, 0.2) is 60.4 Å². The van der Waals surface area contributed by atoms with Crippen molar-refractivity contribution in [2.75, 3.05) is 17.4 Å². The number of rotatable bonds is 5. The average Bonchev–Trinajstić information content (AvgIpc) is 2.73. The highest BCUT2D eigenvalue weighted by molar-refractivity contribution is 9.09. The van der Waals surface area contributed by atoms with E-state index < -0.39 is 29.1 Å². The van der Waals surface area contributed by atoms with Gasteiger partial charge in [-0.2, -0.15) is 13.2 Å². The normalized spacial score (nSPS) is 15.0. The van der Waals surface area contributed by atoms with Crippen LogP contribution in [0, 0.1) is 0 Å². The maximum atomic E-state index is 13.3. The molecule has 0 bridgehead atoms. The Balaban J connectivity index is 1.87. The number of ether oxygens (including phenoxy) is 1. The molecule has 0 spiro atoms. The fraction of sp³-hybridized carbons (Fsp3) is 0.273. The summed E-state index contributed by atoms with van der Waals surface area (Å²) in [4.78, 5) is 27.5. The van der Waals surface area contributed by atoms with E-state index in [0.29, 0.717) is 22.2 Å². The number of anilines is 1. The first-order valence-corrected chi connectivity index (χ1v) is 10.5. The number of halogens is 4. The second kappa shape index (κ2) is 8.74. The second-order valence-corrected chi connectivity index (χ2v) is 7.96. The summed E-state index contributed by atoms with van der Waals surface area (Å²) in [6.45, 7) is 2.86. The van der Waals surface area contributed by atoms with Gasteiger partial charge in [0.15, 0.2) is 6.73 Å². The molecule has 2 aromatic carbocycles. The number of alkyl halides is 4. The Morgan fingerprint density at radius 3 is 2.42 bits per heavy atom. The van der Waals surface area contributed by atoms with Crippen molar-refractivity contribution in [3.05, 3.63) is 71.5 Å². The van der Waals surface area contributed by atoms with Gasteiger partial charge in [-0.25, -0.2) is 0 Å². The van der Waals surface area contributed by atoms with Crippen LogP contribution < -0.4 is 5.32 Å². The van der Waals surface area contributed by atoms with Gasteiger partial charge in [-0.1, -0.05) is 52.3 Å². The van der Waals surface area contributed by atoms with Gasteiger partial charge in [0, 0.05) is 5.69 Å². The molecule has 9 heteroatoms. The van der Waals surface area contributed by atoms with Gasteiger partial charge in [0.05, 0.1) is 16.5 Å². The third kappa shape index (κ3) is 4.76. The summed E-state index contributed by atoms with van der Waals surface area (Å²) in [5, 5.41) is 2.79.